The zero-order valence-electron chi connectivity index (χ0n) is 11.7. The Morgan fingerprint density at radius 3 is 2.79 bits per heavy atom. The van der Waals surface area contributed by atoms with Crippen molar-refractivity contribution in [1.82, 2.24) is 20.1 Å². The molecule has 1 saturated carbocycles. The van der Waals surface area contributed by atoms with Crippen LogP contribution >= 0.6 is 11.3 Å². The van der Waals surface area contributed by atoms with E-state index >= 15 is 0 Å². The lowest BCUT2D eigenvalue weighted by molar-refractivity contribution is 0.657. The summed E-state index contributed by atoms with van der Waals surface area (Å²) in [5, 5.41) is 9.36. The summed E-state index contributed by atoms with van der Waals surface area (Å²) >= 11 is 1.75. The van der Waals surface area contributed by atoms with Crippen molar-refractivity contribution < 1.29 is 0 Å². The third kappa shape index (κ3) is 2.87. The Morgan fingerprint density at radius 1 is 1.37 bits per heavy atom. The first-order valence-electron chi connectivity index (χ1n) is 6.81. The van der Waals surface area contributed by atoms with Crippen molar-refractivity contribution in [3.8, 4) is 0 Å². The molecular formula is C14H20N4S. The van der Waals surface area contributed by atoms with Crippen molar-refractivity contribution in [1.29, 1.82) is 0 Å². The van der Waals surface area contributed by atoms with Crippen LogP contribution in [0.25, 0.3) is 0 Å². The molecule has 1 fully saturated rings. The van der Waals surface area contributed by atoms with Crippen molar-refractivity contribution in [2.24, 2.45) is 0 Å². The third-order valence-corrected chi connectivity index (χ3v) is 4.55. The van der Waals surface area contributed by atoms with Gasteiger partial charge in [0.15, 0.2) is 0 Å². The van der Waals surface area contributed by atoms with Gasteiger partial charge in [0, 0.05) is 34.9 Å². The Kier molecular flexibility index (Phi) is 3.41. The average molecular weight is 276 g/mol. The summed E-state index contributed by atoms with van der Waals surface area (Å²) in [6.07, 6.45) is 4.61. The summed E-state index contributed by atoms with van der Waals surface area (Å²) in [7, 11) is 0. The first kappa shape index (κ1) is 12.8. The maximum Gasteiger partial charge on any atom is 0.0897 e. The van der Waals surface area contributed by atoms with Gasteiger partial charge in [-0.05, 0) is 33.6 Å². The van der Waals surface area contributed by atoms with Crippen LogP contribution in [0.3, 0.4) is 0 Å². The predicted octanol–water partition coefficient (Wildman–Crippen LogP) is 2.57. The Labute approximate surface area is 117 Å². The fraction of sp³-hybridized carbons (Fsp3) is 0.571. The maximum atomic E-state index is 4.67. The van der Waals surface area contributed by atoms with Gasteiger partial charge in [-0.1, -0.05) is 0 Å². The van der Waals surface area contributed by atoms with Crippen LogP contribution in [0, 0.1) is 20.8 Å². The smallest absolute Gasteiger partial charge is 0.0897 e. The Balaban J connectivity index is 1.75. The van der Waals surface area contributed by atoms with Gasteiger partial charge >= 0.3 is 0 Å². The normalized spacial score (nSPS) is 15.1. The van der Waals surface area contributed by atoms with E-state index in [1.165, 1.54) is 29.0 Å². The minimum atomic E-state index is 0.742. The summed E-state index contributed by atoms with van der Waals surface area (Å²) < 4.78 is 2.10. The maximum absolute atomic E-state index is 4.67. The van der Waals surface area contributed by atoms with E-state index in [0.717, 1.165) is 29.8 Å². The predicted molar refractivity (Wildman–Crippen MR) is 77.5 cm³/mol. The van der Waals surface area contributed by atoms with Gasteiger partial charge in [0.25, 0.3) is 0 Å². The van der Waals surface area contributed by atoms with Gasteiger partial charge in [0.1, 0.15) is 0 Å². The monoisotopic (exact) mass is 276 g/mol. The van der Waals surface area contributed by atoms with Crippen molar-refractivity contribution in [2.75, 3.05) is 0 Å². The molecule has 0 bridgehead atoms. The van der Waals surface area contributed by atoms with Crippen molar-refractivity contribution in [3.05, 3.63) is 33.0 Å². The molecule has 0 atom stereocenters. The molecule has 1 aliphatic rings. The van der Waals surface area contributed by atoms with Crippen LogP contribution < -0.4 is 5.32 Å². The van der Waals surface area contributed by atoms with Crippen LogP contribution in [0.1, 0.15) is 39.7 Å². The Morgan fingerprint density at radius 2 is 2.16 bits per heavy atom. The Bertz CT molecular complexity index is 580. The van der Waals surface area contributed by atoms with E-state index in [1.54, 1.807) is 11.3 Å². The summed E-state index contributed by atoms with van der Waals surface area (Å²) in [6, 6.07) is 0.742. The highest BCUT2D eigenvalue weighted by Gasteiger charge is 2.21. The number of aryl methyl sites for hydroxylation is 2. The van der Waals surface area contributed by atoms with E-state index in [9.17, 15) is 0 Å². The Hall–Kier alpha value is -1.20. The standard InChI is InChI=1S/C14H20N4S/c1-9-14(7-16-12-4-5-12)10(2)18(17-9)8-13-6-15-11(3)19-13/h6,12,16H,4-5,7-8H2,1-3H3. The molecule has 0 unspecified atom stereocenters. The van der Waals surface area contributed by atoms with Crippen LogP contribution in [-0.2, 0) is 13.1 Å². The van der Waals surface area contributed by atoms with Gasteiger partial charge in [-0.3, -0.25) is 4.68 Å². The van der Waals surface area contributed by atoms with E-state index in [4.69, 9.17) is 0 Å². The highest BCUT2D eigenvalue weighted by molar-refractivity contribution is 7.11. The lowest BCUT2D eigenvalue weighted by Crippen LogP contribution is -2.16. The highest BCUT2D eigenvalue weighted by Crippen LogP contribution is 2.22. The number of aromatic nitrogens is 3. The molecule has 2 aromatic heterocycles. The molecule has 19 heavy (non-hydrogen) atoms. The van der Waals surface area contributed by atoms with Crippen LogP contribution in [0.15, 0.2) is 6.20 Å². The second-order valence-corrected chi connectivity index (χ2v) is 6.63. The van der Waals surface area contributed by atoms with Crippen LogP contribution in [0.4, 0.5) is 0 Å². The number of hydrogen-bond donors (Lipinski definition) is 1. The van der Waals surface area contributed by atoms with Gasteiger partial charge < -0.3 is 5.32 Å². The molecule has 0 radical (unpaired) electrons. The minimum absolute atomic E-state index is 0.742. The van der Waals surface area contributed by atoms with Crippen LogP contribution in [0.2, 0.25) is 0 Å². The summed E-state index contributed by atoms with van der Waals surface area (Å²) in [5.74, 6) is 0. The molecular weight excluding hydrogens is 256 g/mol. The average Bonchev–Trinajstić information content (AvgIpc) is 3.05. The van der Waals surface area contributed by atoms with E-state index in [0.29, 0.717) is 0 Å². The van der Waals surface area contributed by atoms with E-state index in [1.807, 2.05) is 13.1 Å². The van der Waals surface area contributed by atoms with Crippen molar-refractivity contribution in [2.45, 2.75) is 52.7 Å². The summed E-state index contributed by atoms with van der Waals surface area (Å²) in [6.45, 7) is 8.09. The number of hydrogen-bond acceptors (Lipinski definition) is 4. The zero-order chi connectivity index (χ0) is 13.4. The molecule has 1 aliphatic carbocycles. The molecule has 5 heteroatoms. The fourth-order valence-electron chi connectivity index (χ4n) is 2.30. The SMILES string of the molecule is Cc1ncc(Cn2nc(C)c(CNC3CC3)c2C)s1. The topological polar surface area (TPSA) is 42.7 Å². The van der Waals surface area contributed by atoms with E-state index in [-0.39, 0.29) is 0 Å². The zero-order valence-corrected chi connectivity index (χ0v) is 12.5. The van der Waals surface area contributed by atoms with Gasteiger partial charge in [-0.2, -0.15) is 5.10 Å². The molecule has 4 nitrogen and oxygen atoms in total. The van der Waals surface area contributed by atoms with Crippen LogP contribution in [-0.4, -0.2) is 20.8 Å². The second-order valence-electron chi connectivity index (χ2n) is 5.31. The number of nitrogens with one attached hydrogen (secondary N) is 1. The second kappa shape index (κ2) is 5.06. The molecule has 3 rings (SSSR count). The molecule has 2 heterocycles. The van der Waals surface area contributed by atoms with Gasteiger partial charge in [0.05, 0.1) is 17.2 Å². The first-order chi connectivity index (χ1) is 9.13. The van der Waals surface area contributed by atoms with Crippen molar-refractivity contribution in [3.63, 3.8) is 0 Å². The van der Waals surface area contributed by atoms with E-state index in [2.05, 4.69) is 33.9 Å². The minimum Gasteiger partial charge on any atom is -0.310 e. The third-order valence-electron chi connectivity index (χ3n) is 3.65. The van der Waals surface area contributed by atoms with Gasteiger partial charge in [-0.25, -0.2) is 4.98 Å². The van der Waals surface area contributed by atoms with Gasteiger partial charge in [0.2, 0.25) is 0 Å². The molecule has 2 aromatic rings. The van der Waals surface area contributed by atoms with Gasteiger partial charge in [-0.15, -0.1) is 11.3 Å². The summed E-state index contributed by atoms with van der Waals surface area (Å²) in [4.78, 5) is 5.57. The van der Waals surface area contributed by atoms with Crippen LogP contribution in [0.5, 0.6) is 0 Å². The number of rotatable bonds is 5. The summed E-state index contributed by atoms with van der Waals surface area (Å²) in [5.41, 5.74) is 3.77. The van der Waals surface area contributed by atoms with Crippen molar-refractivity contribution >= 4 is 11.3 Å². The molecule has 0 saturated heterocycles. The quantitative estimate of drug-likeness (QED) is 0.912. The highest BCUT2D eigenvalue weighted by atomic mass is 32.1. The molecule has 1 N–H and O–H groups in total. The number of nitrogens with zero attached hydrogens (tertiary/aromatic N) is 3. The molecule has 0 aliphatic heterocycles. The fourth-order valence-corrected chi connectivity index (χ4v) is 3.08. The number of thiazole rings is 1. The molecule has 0 aromatic carbocycles. The molecule has 0 amide bonds. The lowest BCUT2D eigenvalue weighted by atomic mass is 10.2. The first-order valence-corrected chi connectivity index (χ1v) is 7.62. The lowest BCUT2D eigenvalue weighted by Gasteiger charge is -2.05. The van der Waals surface area contributed by atoms with E-state index < -0.39 is 0 Å². The largest absolute Gasteiger partial charge is 0.310 e. The molecule has 0 spiro atoms. The molecule has 102 valence electrons.